The van der Waals surface area contributed by atoms with Crippen LogP contribution in [0.4, 0.5) is 0 Å². The Kier molecular flexibility index (Phi) is 7.27. The number of aliphatic hydroxyl groups is 2. The number of hydrogen-bond acceptors (Lipinski definition) is 10. The van der Waals surface area contributed by atoms with Crippen molar-refractivity contribution in [3.05, 3.63) is 47.0 Å². The summed E-state index contributed by atoms with van der Waals surface area (Å²) in [5.74, 6) is -2.83. The van der Waals surface area contributed by atoms with Gasteiger partial charge in [-0.2, -0.15) is 0 Å². The summed E-state index contributed by atoms with van der Waals surface area (Å²) in [6.07, 6.45) is -5.17. The van der Waals surface area contributed by atoms with Gasteiger partial charge in [0.25, 0.3) is 0 Å². The normalized spacial score (nSPS) is 41.2. The van der Waals surface area contributed by atoms with Crippen LogP contribution in [-0.2, 0) is 33.3 Å². The van der Waals surface area contributed by atoms with Crippen molar-refractivity contribution in [3.8, 4) is 0 Å². The lowest BCUT2D eigenvalue weighted by atomic mass is 9.44. The van der Waals surface area contributed by atoms with E-state index in [0.29, 0.717) is 11.1 Å². The first-order valence-corrected chi connectivity index (χ1v) is 14.0. The van der Waals surface area contributed by atoms with Gasteiger partial charge in [0.1, 0.15) is 23.9 Å². The van der Waals surface area contributed by atoms with Crippen molar-refractivity contribution in [1.29, 1.82) is 0 Å². The van der Waals surface area contributed by atoms with Gasteiger partial charge in [-0.15, -0.1) is 0 Å². The molecule has 3 aliphatic carbocycles. The van der Waals surface area contributed by atoms with Gasteiger partial charge in [-0.1, -0.05) is 32.0 Å². The second-order valence-electron chi connectivity index (χ2n) is 12.6. The molecule has 2 saturated carbocycles. The number of Topliss-reactive ketones (excluding diaryl/α,β-unsaturated/α-hetero) is 1. The molecule has 3 fully saturated rings. The first-order valence-electron chi connectivity index (χ1n) is 14.0. The monoisotopic (exact) mass is 572 g/mol. The Morgan fingerprint density at radius 1 is 1.07 bits per heavy atom. The largest absolute Gasteiger partial charge is 0.455 e. The fraction of sp³-hybridized carbons (Fsp3) is 0.645. The van der Waals surface area contributed by atoms with Crippen LogP contribution in [0.25, 0.3) is 0 Å². The van der Waals surface area contributed by atoms with Gasteiger partial charge < -0.3 is 33.9 Å². The summed E-state index contributed by atoms with van der Waals surface area (Å²) < 4.78 is 30.1. The van der Waals surface area contributed by atoms with Crippen molar-refractivity contribution < 1.29 is 48.3 Å². The molecule has 224 valence electrons. The van der Waals surface area contributed by atoms with Crippen molar-refractivity contribution in [1.82, 2.24) is 0 Å². The number of carbonyl (C=O) groups is 3. The minimum Gasteiger partial charge on any atom is -0.455 e. The smallest absolute Gasteiger partial charge is 0.338 e. The van der Waals surface area contributed by atoms with Gasteiger partial charge in [0.15, 0.2) is 11.4 Å². The summed E-state index contributed by atoms with van der Waals surface area (Å²) >= 11 is 0. The van der Waals surface area contributed by atoms with E-state index in [2.05, 4.69) is 0 Å². The van der Waals surface area contributed by atoms with Gasteiger partial charge >= 0.3 is 11.9 Å². The summed E-state index contributed by atoms with van der Waals surface area (Å²) in [5.41, 5.74) is -4.88. The van der Waals surface area contributed by atoms with Crippen LogP contribution in [0.5, 0.6) is 0 Å². The molecule has 4 unspecified atom stereocenters. The Morgan fingerprint density at radius 3 is 2.27 bits per heavy atom. The Labute approximate surface area is 239 Å². The van der Waals surface area contributed by atoms with E-state index in [1.54, 1.807) is 58.0 Å². The van der Waals surface area contributed by atoms with Crippen LogP contribution in [0.15, 0.2) is 41.5 Å². The third-order valence-corrected chi connectivity index (χ3v) is 10.4. The van der Waals surface area contributed by atoms with Crippen LogP contribution in [0, 0.1) is 16.7 Å². The van der Waals surface area contributed by atoms with Gasteiger partial charge in [-0.25, -0.2) is 4.79 Å². The molecule has 10 heteroatoms. The van der Waals surface area contributed by atoms with Crippen molar-refractivity contribution in [2.45, 2.75) is 89.2 Å². The number of aliphatic hydroxyl groups excluding tert-OH is 1. The zero-order valence-electron chi connectivity index (χ0n) is 24.6. The van der Waals surface area contributed by atoms with Crippen LogP contribution in [0.2, 0.25) is 0 Å². The quantitative estimate of drug-likeness (QED) is 0.400. The van der Waals surface area contributed by atoms with Crippen LogP contribution in [0.3, 0.4) is 0 Å². The summed E-state index contributed by atoms with van der Waals surface area (Å²) in [4.78, 5) is 41.2. The van der Waals surface area contributed by atoms with Crippen molar-refractivity contribution >= 4 is 17.7 Å². The van der Waals surface area contributed by atoms with Gasteiger partial charge in [0.2, 0.25) is 0 Å². The van der Waals surface area contributed by atoms with Crippen LogP contribution in [-0.4, -0.2) is 90.5 Å². The van der Waals surface area contributed by atoms with Crippen molar-refractivity contribution in [2.24, 2.45) is 16.7 Å². The standard InChI is InChI=1S/C31H40O10/c1-16-19(33)14-31(36)26(40-27(35)18-11-9-8-10-12-18)24-29(5,25(34)23(38-7)22(16)28(31,3)4)20(37-6)13-21-30(24,15-39-21)41-17(2)32/h8-12,19-21,23-24,26,33,36H,13-15H2,1-7H3/t19?,20?,21-,23?,24+,26?,29+,30-,31+/m0/s1. The summed E-state index contributed by atoms with van der Waals surface area (Å²) in [7, 11) is 2.89. The number of hydrogen-bond donors (Lipinski definition) is 2. The van der Waals surface area contributed by atoms with Crippen molar-refractivity contribution in [3.63, 3.8) is 0 Å². The number of rotatable bonds is 5. The van der Waals surface area contributed by atoms with Crippen molar-refractivity contribution in [2.75, 3.05) is 20.8 Å². The number of fused-ring (bicyclic) bond motifs is 5. The number of ether oxygens (including phenoxy) is 5. The molecule has 9 atom stereocenters. The minimum atomic E-state index is -1.93. The lowest BCUT2D eigenvalue weighted by molar-refractivity contribution is -0.347. The maximum atomic E-state index is 14.9. The van der Waals surface area contributed by atoms with E-state index in [1.807, 2.05) is 0 Å². The maximum absolute atomic E-state index is 14.9. The molecule has 41 heavy (non-hydrogen) atoms. The molecule has 0 spiro atoms. The third kappa shape index (κ3) is 3.98. The molecule has 0 amide bonds. The number of carbonyl (C=O) groups excluding carboxylic acids is 3. The number of ketones is 1. The molecule has 10 nitrogen and oxygen atoms in total. The lowest BCUT2D eigenvalue weighted by Crippen LogP contribution is -2.82. The predicted octanol–water partition coefficient (Wildman–Crippen LogP) is 2.39. The van der Waals surface area contributed by atoms with E-state index >= 15 is 0 Å². The van der Waals surface area contributed by atoms with Crippen LogP contribution in [0.1, 0.15) is 57.8 Å². The van der Waals surface area contributed by atoms with Crippen LogP contribution < -0.4 is 0 Å². The predicted molar refractivity (Wildman–Crippen MR) is 145 cm³/mol. The molecule has 1 aromatic carbocycles. The molecule has 5 rings (SSSR count). The molecule has 1 aliphatic heterocycles. The topological polar surface area (TPSA) is 138 Å². The van der Waals surface area contributed by atoms with E-state index in [4.69, 9.17) is 23.7 Å². The van der Waals surface area contributed by atoms with Gasteiger partial charge in [-0.05, 0) is 37.1 Å². The van der Waals surface area contributed by atoms with Gasteiger partial charge in [0.05, 0.1) is 35.7 Å². The second kappa shape index (κ2) is 9.98. The zero-order chi connectivity index (χ0) is 30.1. The van der Waals surface area contributed by atoms with E-state index in [0.717, 1.165) is 0 Å². The highest BCUT2D eigenvalue weighted by molar-refractivity contribution is 5.94. The zero-order valence-corrected chi connectivity index (χ0v) is 24.6. The Bertz CT molecular complexity index is 1270. The van der Waals surface area contributed by atoms with E-state index in [9.17, 15) is 24.6 Å². The highest BCUT2D eigenvalue weighted by Crippen LogP contribution is 2.64. The molecular weight excluding hydrogens is 532 g/mol. The molecule has 2 bridgehead atoms. The Hall–Kier alpha value is -2.63. The Morgan fingerprint density at radius 2 is 1.73 bits per heavy atom. The minimum absolute atomic E-state index is 0.0704. The fourth-order valence-electron chi connectivity index (χ4n) is 8.17. The summed E-state index contributed by atoms with van der Waals surface area (Å²) in [6, 6.07) is 8.32. The van der Waals surface area contributed by atoms with Gasteiger partial charge in [-0.3, -0.25) is 9.59 Å². The first-order chi connectivity index (χ1) is 19.2. The molecule has 0 aromatic heterocycles. The van der Waals surface area contributed by atoms with E-state index in [-0.39, 0.29) is 30.8 Å². The molecule has 2 N–H and O–H groups in total. The second-order valence-corrected chi connectivity index (χ2v) is 12.6. The summed E-state index contributed by atoms with van der Waals surface area (Å²) in [6.45, 7) is 8.13. The molecule has 1 aromatic rings. The molecule has 1 heterocycles. The van der Waals surface area contributed by atoms with E-state index in [1.165, 1.54) is 21.1 Å². The number of benzene rings is 1. The first kappa shape index (κ1) is 29.8. The van der Waals surface area contributed by atoms with Crippen LogP contribution >= 0.6 is 0 Å². The van der Waals surface area contributed by atoms with Gasteiger partial charge in [0, 0.05) is 39.4 Å². The molecule has 1 saturated heterocycles. The highest BCUT2D eigenvalue weighted by atomic mass is 16.6. The highest BCUT2D eigenvalue weighted by Gasteiger charge is 2.78. The molecule has 4 aliphatic rings. The molecule has 0 radical (unpaired) electrons. The SMILES string of the molecule is COC1C(=O)[C@]2(C)C(OC)C[C@@H]3OC[C@@]3(OC(C)=O)[C@@H]2C(OC(=O)c2ccccc2)[C@]2(O)CC(O)C(C)=C1C2(C)C. The summed E-state index contributed by atoms with van der Waals surface area (Å²) in [5, 5.41) is 24.2. The molecular formula is C31H40O10. The third-order valence-electron chi connectivity index (χ3n) is 10.4. The average molecular weight is 573 g/mol. The fourth-order valence-corrected chi connectivity index (χ4v) is 8.17. The van der Waals surface area contributed by atoms with E-state index < -0.39 is 70.4 Å². The maximum Gasteiger partial charge on any atom is 0.338 e. The number of esters is 2. The Balaban J connectivity index is 1.84. The number of methoxy groups -OCH3 is 2. The average Bonchev–Trinajstić information content (AvgIpc) is 2.91. The lowest BCUT2D eigenvalue weighted by Gasteiger charge is -2.67.